The van der Waals surface area contributed by atoms with Gasteiger partial charge in [-0.05, 0) is 25.5 Å². The molecule has 0 radical (unpaired) electrons. The van der Waals surface area contributed by atoms with E-state index in [1.807, 2.05) is 44.2 Å². The maximum absolute atomic E-state index is 15.2. The molecule has 128 valence electrons. The lowest BCUT2D eigenvalue weighted by atomic mass is 9.87. The van der Waals surface area contributed by atoms with Crippen molar-refractivity contribution in [2.24, 2.45) is 0 Å². The molecule has 5 nitrogen and oxygen atoms in total. The second kappa shape index (κ2) is 6.36. The molecule has 0 spiro atoms. The number of rotatable bonds is 4. The number of aliphatic hydroxyl groups excluding tert-OH is 1. The number of aliphatic hydroxyl groups is 1. The molecule has 1 aromatic heterocycles. The van der Waals surface area contributed by atoms with E-state index in [4.69, 9.17) is 0 Å². The van der Waals surface area contributed by atoms with Crippen molar-refractivity contribution in [2.75, 3.05) is 19.7 Å². The summed E-state index contributed by atoms with van der Waals surface area (Å²) in [5.74, 6) is -0.844. The number of hydrogen-bond acceptors (Lipinski definition) is 3. The van der Waals surface area contributed by atoms with Gasteiger partial charge >= 0.3 is 0 Å². The van der Waals surface area contributed by atoms with E-state index in [9.17, 15) is 9.90 Å². The van der Waals surface area contributed by atoms with Crippen LogP contribution < -0.4 is 0 Å². The lowest BCUT2D eigenvalue weighted by Gasteiger charge is -2.23. The van der Waals surface area contributed by atoms with E-state index in [1.165, 1.54) is 4.90 Å². The highest BCUT2D eigenvalue weighted by Gasteiger charge is 2.49. The van der Waals surface area contributed by atoms with Crippen LogP contribution in [0.5, 0.6) is 0 Å². The molecule has 2 atom stereocenters. The Bertz CT molecular complexity index is 716. The van der Waals surface area contributed by atoms with Gasteiger partial charge < -0.3 is 10.0 Å². The van der Waals surface area contributed by atoms with Crippen molar-refractivity contribution in [3.05, 3.63) is 53.9 Å². The van der Waals surface area contributed by atoms with Crippen molar-refractivity contribution in [1.82, 2.24) is 14.7 Å². The Morgan fingerprint density at radius 3 is 2.67 bits per heavy atom. The van der Waals surface area contributed by atoms with Gasteiger partial charge in [0.25, 0.3) is 5.91 Å². The fourth-order valence-corrected chi connectivity index (χ4v) is 3.18. The third-order valence-corrected chi connectivity index (χ3v) is 4.59. The first-order valence-electron chi connectivity index (χ1n) is 8.14. The standard InChI is InChI=1S/C18H22FN3O2/c1-13(2)22-9-8-16(20-22)17(24)21-10-15(18(19,11-21)12-23)14-6-4-3-5-7-14/h3-9,13,15,23H,10-12H2,1-2H3/t15-,18+/m1/s1. The summed E-state index contributed by atoms with van der Waals surface area (Å²) in [4.78, 5) is 14.1. The lowest BCUT2D eigenvalue weighted by Crippen LogP contribution is -2.37. The number of halogens is 1. The van der Waals surface area contributed by atoms with Crippen LogP contribution in [0.2, 0.25) is 0 Å². The summed E-state index contributed by atoms with van der Waals surface area (Å²) in [5.41, 5.74) is -0.743. The van der Waals surface area contributed by atoms with Crippen LogP contribution in [-0.4, -0.2) is 51.1 Å². The summed E-state index contributed by atoms with van der Waals surface area (Å²) in [5, 5.41) is 13.8. The van der Waals surface area contributed by atoms with Crippen LogP contribution in [0.15, 0.2) is 42.6 Å². The van der Waals surface area contributed by atoms with Crippen LogP contribution in [0.3, 0.4) is 0 Å². The van der Waals surface area contributed by atoms with Crippen LogP contribution in [-0.2, 0) is 0 Å². The SMILES string of the molecule is CC(C)n1ccc(C(=O)N2C[C@H](c3ccccc3)[C@@](F)(CO)C2)n1. The highest BCUT2D eigenvalue weighted by atomic mass is 19.1. The zero-order valence-electron chi connectivity index (χ0n) is 13.9. The van der Waals surface area contributed by atoms with Crippen molar-refractivity contribution in [2.45, 2.75) is 31.5 Å². The molecule has 0 aliphatic carbocycles. The Morgan fingerprint density at radius 1 is 1.38 bits per heavy atom. The van der Waals surface area contributed by atoms with Crippen LogP contribution in [0.1, 0.15) is 41.9 Å². The van der Waals surface area contributed by atoms with Gasteiger partial charge in [-0.15, -0.1) is 0 Å². The monoisotopic (exact) mass is 331 g/mol. The summed E-state index contributed by atoms with van der Waals surface area (Å²) in [6, 6.07) is 11.0. The van der Waals surface area contributed by atoms with Gasteiger partial charge in [-0.2, -0.15) is 5.10 Å². The Balaban J connectivity index is 1.84. The summed E-state index contributed by atoms with van der Waals surface area (Å²) < 4.78 is 16.9. The average Bonchev–Trinajstić information content (AvgIpc) is 3.20. The summed E-state index contributed by atoms with van der Waals surface area (Å²) >= 11 is 0. The van der Waals surface area contributed by atoms with E-state index in [-0.39, 0.29) is 25.0 Å². The molecule has 6 heteroatoms. The van der Waals surface area contributed by atoms with Gasteiger partial charge in [0.15, 0.2) is 5.67 Å². The first-order valence-corrected chi connectivity index (χ1v) is 8.14. The fraction of sp³-hybridized carbons (Fsp3) is 0.444. The molecule has 1 aliphatic heterocycles. The van der Waals surface area contributed by atoms with Gasteiger partial charge in [0, 0.05) is 24.7 Å². The molecule has 3 rings (SSSR count). The summed E-state index contributed by atoms with van der Waals surface area (Å²) in [6.07, 6.45) is 1.75. The van der Waals surface area contributed by atoms with E-state index in [1.54, 1.807) is 16.9 Å². The van der Waals surface area contributed by atoms with Crippen LogP contribution in [0, 0.1) is 0 Å². The maximum atomic E-state index is 15.2. The third-order valence-electron chi connectivity index (χ3n) is 4.59. The smallest absolute Gasteiger partial charge is 0.274 e. The van der Waals surface area contributed by atoms with Gasteiger partial charge in [0.2, 0.25) is 0 Å². The number of carbonyl (C=O) groups is 1. The quantitative estimate of drug-likeness (QED) is 0.936. The van der Waals surface area contributed by atoms with Crippen molar-refractivity contribution in [3.8, 4) is 0 Å². The Hall–Kier alpha value is -2.21. The van der Waals surface area contributed by atoms with Gasteiger partial charge in [0.05, 0.1) is 13.2 Å². The number of hydrogen-bond donors (Lipinski definition) is 1. The predicted molar refractivity (Wildman–Crippen MR) is 88.6 cm³/mol. The molecule has 1 amide bonds. The van der Waals surface area contributed by atoms with E-state index in [2.05, 4.69) is 5.10 Å². The van der Waals surface area contributed by atoms with Crippen molar-refractivity contribution < 1.29 is 14.3 Å². The Morgan fingerprint density at radius 2 is 2.08 bits per heavy atom. The largest absolute Gasteiger partial charge is 0.393 e. The van der Waals surface area contributed by atoms with Gasteiger partial charge in [0.1, 0.15) is 5.69 Å². The highest BCUT2D eigenvalue weighted by Crippen LogP contribution is 2.39. The Labute approximate surface area is 140 Å². The first kappa shape index (κ1) is 16.6. The molecule has 0 bridgehead atoms. The number of amides is 1. The van der Waals surface area contributed by atoms with Crippen LogP contribution in [0.25, 0.3) is 0 Å². The molecule has 2 heterocycles. The van der Waals surface area contributed by atoms with E-state index in [0.717, 1.165) is 5.56 Å². The zero-order valence-corrected chi connectivity index (χ0v) is 13.9. The molecule has 0 unspecified atom stereocenters. The molecule has 1 saturated heterocycles. The van der Waals surface area contributed by atoms with Gasteiger partial charge in [-0.1, -0.05) is 30.3 Å². The second-order valence-electron chi connectivity index (χ2n) is 6.62. The topological polar surface area (TPSA) is 58.4 Å². The third kappa shape index (κ3) is 2.94. The van der Waals surface area contributed by atoms with E-state index >= 15 is 4.39 Å². The van der Waals surface area contributed by atoms with E-state index < -0.39 is 18.2 Å². The molecule has 24 heavy (non-hydrogen) atoms. The van der Waals surface area contributed by atoms with Gasteiger partial charge in [-0.3, -0.25) is 9.48 Å². The van der Waals surface area contributed by atoms with E-state index in [0.29, 0.717) is 5.69 Å². The fourth-order valence-electron chi connectivity index (χ4n) is 3.18. The van der Waals surface area contributed by atoms with Crippen molar-refractivity contribution in [1.29, 1.82) is 0 Å². The summed E-state index contributed by atoms with van der Waals surface area (Å²) in [6.45, 7) is 3.43. The van der Waals surface area contributed by atoms with Crippen molar-refractivity contribution >= 4 is 5.91 Å². The minimum atomic E-state index is -1.84. The van der Waals surface area contributed by atoms with Gasteiger partial charge in [-0.25, -0.2) is 4.39 Å². The molecule has 1 aromatic carbocycles. The van der Waals surface area contributed by atoms with Crippen molar-refractivity contribution in [3.63, 3.8) is 0 Å². The van der Waals surface area contributed by atoms with Crippen LogP contribution >= 0.6 is 0 Å². The molecular formula is C18H22FN3O2. The minimum absolute atomic E-state index is 0.129. The molecule has 2 aromatic rings. The molecule has 0 saturated carbocycles. The van der Waals surface area contributed by atoms with Crippen LogP contribution in [0.4, 0.5) is 4.39 Å². The lowest BCUT2D eigenvalue weighted by molar-refractivity contribution is 0.0572. The number of nitrogens with zero attached hydrogens (tertiary/aromatic N) is 3. The molecule has 1 N–H and O–H groups in total. The molecule has 1 fully saturated rings. The molecular weight excluding hydrogens is 309 g/mol. The Kier molecular flexibility index (Phi) is 4.41. The number of carbonyl (C=O) groups excluding carboxylic acids is 1. The number of aromatic nitrogens is 2. The zero-order chi connectivity index (χ0) is 17.3. The predicted octanol–water partition coefficient (Wildman–Crippen LogP) is 2.40. The maximum Gasteiger partial charge on any atom is 0.274 e. The molecule has 1 aliphatic rings. The summed E-state index contributed by atoms with van der Waals surface area (Å²) in [7, 11) is 0. The second-order valence-corrected chi connectivity index (χ2v) is 6.62. The normalized spacial score (nSPS) is 23.9. The number of alkyl halides is 1. The number of benzene rings is 1. The average molecular weight is 331 g/mol. The highest BCUT2D eigenvalue weighted by molar-refractivity contribution is 5.92. The minimum Gasteiger partial charge on any atom is -0.393 e. The number of likely N-dealkylation sites (tertiary alicyclic amines) is 1. The first-order chi connectivity index (χ1) is 11.4.